The van der Waals surface area contributed by atoms with Crippen LogP contribution in [0.5, 0.6) is 0 Å². The van der Waals surface area contributed by atoms with Crippen molar-refractivity contribution in [3.05, 3.63) is 35.9 Å². The zero-order chi connectivity index (χ0) is 11.8. The second-order valence-electron chi connectivity index (χ2n) is 3.67. The Kier molecular flexibility index (Phi) is 5.53. The molecule has 1 atom stereocenters. The van der Waals surface area contributed by atoms with E-state index in [1.165, 1.54) is 0 Å². The maximum atomic E-state index is 11.3. The summed E-state index contributed by atoms with van der Waals surface area (Å²) in [5.74, 6) is -0.0996. The van der Waals surface area contributed by atoms with Crippen LogP contribution in [0.4, 0.5) is 0 Å². The highest BCUT2D eigenvalue weighted by molar-refractivity contribution is 5.78. The van der Waals surface area contributed by atoms with Gasteiger partial charge in [-0.25, -0.2) is 0 Å². The van der Waals surface area contributed by atoms with Crippen LogP contribution in [0.15, 0.2) is 30.3 Å². The van der Waals surface area contributed by atoms with Gasteiger partial charge >= 0.3 is 0 Å². The number of likely N-dealkylation sites (N-methyl/N-ethyl adjacent to an activating group) is 1. The average Bonchev–Trinajstić information content (AvgIpc) is 2.30. The third kappa shape index (κ3) is 4.42. The highest BCUT2D eigenvalue weighted by atomic mass is 16.3. The zero-order valence-electron chi connectivity index (χ0n) is 9.44. The van der Waals surface area contributed by atoms with Crippen molar-refractivity contribution >= 4 is 5.91 Å². The first-order valence-electron chi connectivity index (χ1n) is 5.35. The molecule has 4 heteroatoms. The maximum Gasteiger partial charge on any atom is 0.234 e. The van der Waals surface area contributed by atoms with Crippen molar-refractivity contribution in [1.29, 1.82) is 0 Å². The van der Waals surface area contributed by atoms with Gasteiger partial charge < -0.3 is 15.7 Å². The van der Waals surface area contributed by atoms with E-state index in [9.17, 15) is 4.79 Å². The lowest BCUT2D eigenvalue weighted by atomic mass is 10.1. The number of aliphatic hydroxyl groups excluding tert-OH is 1. The number of carbonyl (C=O) groups is 1. The number of rotatable bonds is 6. The third-order valence-corrected chi connectivity index (χ3v) is 2.25. The van der Waals surface area contributed by atoms with Gasteiger partial charge in [0, 0.05) is 0 Å². The standard InChI is InChI=1S/C12H18N2O2/c1-13-8-12(16)14-11(9-15)7-10-5-3-2-4-6-10/h2-6,11,13,15H,7-9H2,1H3,(H,14,16)/t11-/m0/s1. The predicted molar refractivity (Wildman–Crippen MR) is 63.1 cm³/mol. The van der Waals surface area contributed by atoms with Gasteiger partial charge in [-0.3, -0.25) is 4.79 Å². The van der Waals surface area contributed by atoms with Crippen molar-refractivity contribution in [3.63, 3.8) is 0 Å². The number of aliphatic hydroxyl groups is 1. The number of carbonyl (C=O) groups excluding carboxylic acids is 1. The van der Waals surface area contributed by atoms with Crippen LogP contribution >= 0.6 is 0 Å². The van der Waals surface area contributed by atoms with Gasteiger partial charge in [-0.2, -0.15) is 0 Å². The number of nitrogens with one attached hydrogen (secondary N) is 2. The van der Waals surface area contributed by atoms with Crippen LogP contribution in [0.2, 0.25) is 0 Å². The fourth-order valence-electron chi connectivity index (χ4n) is 1.50. The van der Waals surface area contributed by atoms with E-state index in [1.54, 1.807) is 7.05 Å². The van der Waals surface area contributed by atoms with Crippen LogP contribution in [0, 0.1) is 0 Å². The molecule has 88 valence electrons. The third-order valence-electron chi connectivity index (χ3n) is 2.25. The summed E-state index contributed by atoms with van der Waals surface area (Å²) in [6.45, 7) is 0.218. The molecule has 0 fully saturated rings. The summed E-state index contributed by atoms with van der Waals surface area (Å²) < 4.78 is 0. The van der Waals surface area contributed by atoms with Crippen molar-refractivity contribution in [2.45, 2.75) is 12.5 Å². The van der Waals surface area contributed by atoms with Crippen molar-refractivity contribution in [2.75, 3.05) is 20.2 Å². The van der Waals surface area contributed by atoms with Crippen LogP contribution in [0.25, 0.3) is 0 Å². The minimum atomic E-state index is -0.219. The van der Waals surface area contributed by atoms with Gasteiger partial charge in [0.15, 0.2) is 0 Å². The van der Waals surface area contributed by atoms with Crippen molar-refractivity contribution in [1.82, 2.24) is 10.6 Å². The molecule has 3 N–H and O–H groups in total. The van der Waals surface area contributed by atoms with Crippen LogP contribution in [0.3, 0.4) is 0 Å². The maximum absolute atomic E-state index is 11.3. The fourth-order valence-corrected chi connectivity index (χ4v) is 1.50. The van der Waals surface area contributed by atoms with Gasteiger partial charge in [0.25, 0.3) is 0 Å². The van der Waals surface area contributed by atoms with Crippen molar-refractivity contribution < 1.29 is 9.90 Å². The van der Waals surface area contributed by atoms with Gasteiger partial charge in [-0.1, -0.05) is 30.3 Å². The molecule has 1 aromatic rings. The van der Waals surface area contributed by atoms with E-state index < -0.39 is 0 Å². The quantitative estimate of drug-likeness (QED) is 0.631. The number of hydrogen-bond donors (Lipinski definition) is 3. The summed E-state index contributed by atoms with van der Waals surface area (Å²) in [5.41, 5.74) is 1.10. The summed E-state index contributed by atoms with van der Waals surface area (Å²) in [4.78, 5) is 11.3. The molecule has 0 aliphatic carbocycles. The second-order valence-corrected chi connectivity index (χ2v) is 3.67. The Morgan fingerprint density at radius 2 is 2.06 bits per heavy atom. The molecule has 0 saturated heterocycles. The van der Waals surface area contributed by atoms with Crippen LogP contribution in [-0.4, -0.2) is 37.3 Å². The molecule has 1 amide bonds. The minimum absolute atomic E-state index is 0.0512. The lowest BCUT2D eigenvalue weighted by molar-refractivity contribution is -0.121. The Balaban J connectivity index is 2.46. The Morgan fingerprint density at radius 3 is 2.62 bits per heavy atom. The van der Waals surface area contributed by atoms with Gasteiger partial charge in [-0.15, -0.1) is 0 Å². The van der Waals surface area contributed by atoms with Crippen LogP contribution in [-0.2, 0) is 11.2 Å². The molecule has 0 aliphatic heterocycles. The highest BCUT2D eigenvalue weighted by Gasteiger charge is 2.10. The van der Waals surface area contributed by atoms with Gasteiger partial charge in [-0.05, 0) is 19.0 Å². The van der Waals surface area contributed by atoms with E-state index >= 15 is 0 Å². The van der Waals surface area contributed by atoms with Gasteiger partial charge in [0.05, 0.1) is 19.2 Å². The molecule has 0 aliphatic rings. The Morgan fingerprint density at radius 1 is 1.38 bits per heavy atom. The van der Waals surface area contributed by atoms with E-state index in [4.69, 9.17) is 5.11 Å². The van der Waals surface area contributed by atoms with Gasteiger partial charge in [0.2, 0.25) is 5.91 Å². The topological polar surface area (TPSA) is 61.4 Å². The molecule has 1 rings (SSSR count). The first-order chi connectivity index (χ1) is 7.76. The molecule has 1 aromatic carbocycles. The van der Waals surface area contributed by atoms with E-state index in [2.05, 4.69) is 10.6 Å². The average molecular weight is 222 g/mol. The highest BCUT2D eigenvalue weighted by Crippen LogP contribution is 2.02. The molecule has 0 unspecified atom stereocenters. The zero-order valence-corrected chi connectivity index (χ0v) is 9.44. The van der Waals surface area contributed by atoms with Crippen LogP contribution < -0.4 is 10.6 Å². The molecular weight excluding hydrogens is 204 g/mol. The summed E-state index contributed by atoms with van der Waals surface area (Å²) >= 11 is 0. The minimum Gasteiger partial charge on any atom is -0.394 e. The first-order valence-corrected chi connectivity index (χ1v) is 5.35. The molecular formula is C12H18N2O2. The predicted octanol–water partition coefficient (Wildman–Crippen LogP) is -0.0744. The summed E-state index contributed by atoms with van der Waals surface area (Å²) in [6, 6.07) is 9.57. The molecule has 0 heterocycles. The lowest BCUT2D eigenvalue weighted by Gasteiger charge is -2.16. The summed E-state index contributed by atoms with van der Waals surface area (Å²) in [7, 11) is 1.71. The largest absolute Gasteiger partial charge is 0.394 e. The molecule has 4 nitrogen and oxygen atoms in total. The smallest absolute Gasteiger partial charge is 0.234 e. The number of benzene rings is 1. The number of amides is 1. The normalized spacial score (nSPS) is 12.1. The molecule has 0 spiro atoms. The fraction of sp³-hybridized carbons (Fsp3) is 0.417. The SMILES string of the molecule is CNCC(=O)N[C@H](CO)Cc1ccccc1. The summed E-state index contributed by atoms with van der Waals surface area (Å²) in [5, 5.41) is 14.7. The first kappa shape index (κ1) is 12.7. The molecule has 0 radical (unpaired) electrons. The summed E-state index contributed by atoms with van der Waals surface area (Å²) in [6.07, 6.45) is 0.646. The van der Waals surface area contributed by atoms with Crippen molar-refractivity contribution in [2.24, 2.45) is 0 Å². The molecule has 0 saturated carbocycles. The second kappa shape index (κ2) is 6.98. The Labute approximate surface area is 95.7 Å². The number of hydrogen-bond acceptors (Lipinski definition) is 3. The Bertz CT molecular complexity index is 314. The monoisotopic (exact) mass is 222 g/mol. The van der Waals surface area contributed by atoms with Crippen LogP contribution in [0.1, 0.15) is 5.56 Å². The van der Waals surface area contributed by atoms with Gasteiger partial charge in [0.1, 0.15) is 0 Å². The van der Waals surface area contributed by atoms with Crippen molar-refractivity contribution in [3.8, 4) is 0 Å². The van der Waals surface area contributed by atoms with E-state index in [0.29, 0.717) is 6.42 Å². The molecule has 16 heavy (non-hydrogen) atoms. The van der Waals surface area contributed by atoms with E-state index in [-0.39, 0.29) is 25.1 Å². The molecule has 0 aromatic heterocycles. The van der Waals surface area contributed by atoms with E-state index in [0.717, 1.165) is 5.56 Å². The Hall–Kier alpha value is -1.39. The van der Waals surface area contributed by atoms with E-state index in [1.807, 2.05) is 30.3 Å². The molecule has 0 bridgehead atoms. The lowest BCUT2D eigenvalue weighted by Crippen LogP contribution is -2.42.